The quantitative estimate of drug-likeness (QED) is 0.792. The SMILES string of the molecule is COc1ccc2c3c1OC1C(=O)CC[C@@H]4[C@H](C2)N(C(=O)c2ccccc2)CCC314. The average molecular weight is 389 g/mol. The highest BCUT2D eigenvalue weighted by atomic mass is 16.5. The maximum absolute atomic E-state index is 13.4. The lowest BCUT2D eigenvalue weighted by molar-refractivity contribution is -0.137. The van der Waals surface area contributed by atoms with E-state index in [0.29, 0.717) is 18.7 Å². The Bertz CT molecular complexity index is 1030. The molecule has 0 radical (unpaired) electrons. The van der Waals surface area contributed by atoms with Crippen LogP contribution in [0.2, 0.25) is 0 Å². The van der Waals surface area contributed by atoms with E-state index in [9.17, 15) is 9.59 Å². The molecule has 29 heavy (non-hydrogen) atoms. The summed E-state index contributed by atoms with van der Waals surface area (Å²) in [5.41, 5.74) is 2.80. The van der Waals surface area contributed by atoms with Crippen LogP contribution in [-0.2, 0) is 16.6 Å². The molecule has 2 unspecified atom stereocenters. The highest BCUT2D eigenvalue weighted by Gasteiger charge is 2.66. The second kappa shape index (κ2) is 5.85. The van der Waals surface area contributed by atoms with E-state index < -0.39 is 6.10 Å². The lowest BCUT2D eigenvalue weighted by Crippen LogP contribution is -2.66. The molecule has 2 aliphatic carbocycles. The predicted octanol–water partition coefficient (Wildman–Crippen LogP) is 3.14. The van der Waals surface area contributed by atoms with E-state index in [1.807, 2.05) is 36.4 Å². The van der Waals surface area contributed by atoms with Gasteiger partial charge in [0.25, 0.3) is 5.91 Å². The zero-order valence-corrected chi connectivity index (χ0v) is 16.4. The summed E-state index contributed by atoms with van der Waals surface area (Å²) in [5, 5.41) is 0. The van der Waals surface area contributed by atoms with Crippen LogP contribution < -0.4 is 9.47 Å². The van der Waals surface area contributed by atoms with Gasteiger partial charge in [0, 0.05) is 30.1 Å². The van der Waals surface area contributed by atoms with Gasteiger partial charge in [-0.1, -0.05) is 24.3 Å². The summed E-state index contributed by atoms with van der Waals surface area (Å²) in [7, 11) is 1.65. The van der Waals surface area contributed by atoms with Gasteiger partial charge in [0.05, 0.1) is 12.5 Å². The number of hydrogen-bond acceptors (Lipinski definition) is 4. The molecule has 4 atom stereocenters. The first-order chi connectivity index (χ1) is 14.1. The first kappa shape index (κ1) is 17.1. The van der Waals surface area contributed by atoms with Crippen molar-refractivity contribution in [3.05, 3.63) is 59.2 Å². The number of nitrogens with zero attached hydrogens (tertiary/aromatic N) is 1. The normalized spacial score (nSPS) is 31.1. The molecule has 0 aromatic heterocycles. The highest BCUT2D eigenvalue weighted by Crippen LogP contribution is 2.63. The topological polar surface area (TPSA) is 55.8 Å². The Hall–Kier alpha value is -2.82. The molecule has 1 saturated heterocycles. The summed E-state index contributed by atoms with van der Waals surface area (Å²) in [5.74, 6) is 1.99. The average Bonchev–Trinajstić information content (AvgIpc) is 3.10. The molecule has 5 heteroatoms. The first-order valence-corrected chi connectivity index (χ1v) is 10.4. The van der Waals surface area contributed by atoms with Gasteiger partial charge in [0.1, 0.15) is 0 Å². The minimum absolute atomic E-state index is 0.0926. The Balaban J connectivity index is 1.50. The molecule has 2 aromatic carbocycles. The molecule has 2 bridgehead atoms. The van der Waals surface area contributed by atoms with E-state index in [1.54, 1.807) is 7.11 Å². The number of benzene rings is 2. The molecule has 1 saturated carbocycles. The summed E-state index contributed by atoms with van der Waals surface area (Å²) in [6, 6.07) is 13.7. The van der Waals surface area contributed by atoms with Crippen molar-refractivity contribution in [2.45, 2.75) is 43.2 Å². The van der Waals surface area contributed by atoms with Gasteiger partial charge >= 0.3 is 0 Å². The van der Waals surface area contributed by atoms with E-state index in [4.69, 9.17) is 9.47 Å². The van der Waals surface area contributed by atoms with Crippen LogP contribution in [0, 0.1) is 5.92 Å². The Morgan fingerprint density at radius 2 is 2.03 bits per heavy atom. The molecular weight excluding hydrogens is 366 g/mol. The van der Waals surface area contributed by atoms with Crippen molar-refractivity contribution in [1.29, 1.82) is 0 Å². The molecule has 5 nitrogen and oxygen atoms in total. The van der Waals surface area contributed by atoms with Gasteiger partial charge in [-0.05, 0) is 48.9 Å². The Kier molecular flexibility index (Phi) is 3.44. The van der Waals surface area contributed by atoms with Gasteiger partial charge in [0.15, 0.2) is 23.4 Å². The van der Waals surface area contributed by atoms with E-state index in [1.165, 1.54) is 11.1 Å². The van der Waals surface area contributed by atoms with Crippen molar-refractivity contribution < 1.29 is 19.1 Å². The number of amides is 1. The molecule has 2 fully saturated rings. The summed E-state index contributed by atoms with van der Waals surface area (Å²) < 4.78 is 11.9. The van der Waals surface area contributed by atoms with Crippen molar-refractivity contribution in [3.8, 4) is 11.5 Å². The van der Waals surface area contributed by atoms with Gasteiger partial charge in [-0.25, -0.2) is 0 Å². The number of carbonyl (C=O) groups excluding carboxylic acids is 2. The molecule has 148 valence electrons. The fourth-order valence-corrected chi connectivity index (χ4v) is 6.48. The second-order valence-electron chi connectivity index (χ2n) is 8.67. The van der Waals surface area contributed by atoms with Crippen LogP contribution in [0.25, 0.3) is 0 Å². The van der Waals surface area contributed by atoms with Gasteiger partial charge in [-0.3, -0.25) is 9.59 Å². The second-order valence-corrected chi connectivity index (χ2v) is 8.67. The van der Waals surface area contributed by atoms with Gasteiger partial charge in [-0.2, -0.15) is 0 Å². The molecule has 6 rings (SSSR count). The van der Waals surface area contributed by atoms with Crippen LogP contribution in [0.4, 0.5) is 0 Å². The molecule has 1 spiro atoms. The third-order valence-corrected chi connectivity index (χ3v) is 7.59. The maximum Gasteiger partial charge on any atom is 0.254 e. The molecule has 0 N–H and O–H groups in total. The van der Waals surface area contributed by atoms with Crippen molar-refractivity contribution in [1.82, 2.24) is 4.90 Å². The number of piperidine rings is 1. The molecule has 2 heterocycles. The van der Waals surface area contributed by atoms with Crippen LogP contribution in [0.15, 0.2) is 42.5 Å². The van der Waals surface area contributed by atoms with Crippen molar-refractivity contribution in [3.63, 3.8) is 0 Å². The third kappa shape index (κ3) is 2.05. The first-order valence-electron chi connectivity index (χ1n) is 10.4. The third-order valence-electron chi connectivity index (χ3n) is 7.59. The monoisotopic (exact) mass is 389 g/mol. The summed E-state index contributed by atoms with van der Waals surface area (Å²) in [6.45, 7) is 0.651. The molecule has 2 aliphatic heterocycles. The zero-order valence-electron chi connectivity index (χ0n) is 16.4. The summed E-state index contributed by atoms with van der Waals surface area (Å²) in [4.78, 5) is 28.3. The number of ketones is 1. The van der Waals surface area contributed by atoms with E-state index in [-0.39, 0.29) is 29.1 Å². The number of rotatable bonds is 2. The number of hydrogen-bond donors (Lipinski definition) is 0. The van der Waals surface area contributed by atoms with Crippen LogP contribution in [0.5, 0.6) is 11.5 Å². The summed E-state index contributed by atoms with van der Waals surface area (Å²) >= 11 is 0. The number of Topliss-reactive ketones (excluding diaryl/α,β-unsaturated/α-hetero) is 1. The lowest BCUT2D eigenvalue weighted by atomic mass is 9.51. The number of carbonyl (C=O) groups is 2. The number of methoxy groups -OCH3 is 1. The fraction of sp³-hybridized carbons (Fsp3) is 0.417. The number of ether oxygens (including phenoxy) is 2. The van der Waals surface area contributed by atoms with Crippen LogP contribution in [0.3, 0.4) is 0 Å². The minimum atomic E-state index is -0.442. The van der Waals surface area contributed by atoms with Crippen LogP contribution in [0.1, 0.15) is 40.7 Å². The summed E-state index contributed by atoms with van der Waals surface area (Å²) in [6.07, 6.45) is 2.46. The van der Waals surface area contributed by atoms with Gasteiger partial charge in [0.2, 0.25) is 0 Å². The van der Waals surface area contributed by atoms with Gasteiger partial charge < -0.3 is 14.4 Å². The lowest BCUT2D eigenvalue weighted by Gasteiger charge is -2.57. The largest absolute Gasteiger partial charge is 0.493 e. The van der Waals surface area contributed by atoms with E-state index in [0.717, 1.165) is 30.6 Å². The van der Waals surface area contributed by atoms with Crippen LogP contribution in [-0.4, -0.2) is 42.4 Å². The Morgan fingerprint density at radius 3 is 2.83 bits per heavy atom. The standard InChI is InChI=1S/C24H23NO4/c1-28-19-10-7-15-13-17-16-8-9-18(26)22-24(16,20(15)21(19)29-22)11-12-25(17)23(27)14-5-3-2-4-6-14/h2-7,10,16-17,22H,8-9,11-13H2,1H3/t16-,17+,22?,24?/m1/s1. The highest BCUT2D eigenvalue weighted by molar-refractivity contribution is 5.95. The van der Waals surface area contributed by atoms with Gasteiger partial charge in [-0.15, -0.1) is 0 Å². The van der Waals surface area contributed by atoms with Crippen molar-refractivity contribution >= 4 is 11.7 Å². The Morgan fingerprint density at radius 1 is 1.21 bits per heavy atom. The molecule has 1 amide bonds. The van der Waals surface area contributed by atoms with Crippen molar-refractivity contribution in [2.24, 2.45) is 5.92 Å². The van der Waals surface area contributed by atoms with E-state index >= 15 is 0 Å². The Labute approximate surface area is 169 Å². The molecule has 4 aliphatic rings. The van der Waals surface area contributed by atoms with E-state index in [2.05, 4.69) is 11.0 Å². The minimum Gasteiger partial charge on any atom is -0.493 e. The maximum atomic E-state index is 13.4. The predicted molar refractivity (Wildman–Crippen MR) is 106 cm³/mol. The number of likely N-dealkylation sites (tertiary alicyclic amines) is 1. The smallest absolute Gasteiger partial charge is 0.254 e. The molecular formula is C24H23NO4. The zero-order chi connectivity index (χ0) is 19.8. The molecule has 2 aromatic rings. The van der Waals surface area contributed by atoms with Crippen LogP contribution >= 0.6 is 0 Å². The van der Waals surface area contributed by atoms with Crippen molar-refractivity contribution in [2.75, 3.05) is 13.7 Å². The fourth-order valence-electron chi connectivity index (χ4n) is 6.48.